The number of hydrogen-bond acceptors (Lipinski definition) is 7. The standard InChI is InChI=1S/C17H26N4O4/c1-5-18-16(22)25-11-9-24-13-10(8-23-14(11)13)20-15-19-7-6-12(21-15)17(2,3)4/h6-7,10-11,13-14H,5,8-9H2,1-4H3,(H,18,22)(H,19,20,21)/t10-,11+,13+,14+/m0/s1. The van der Waals surface area contributed by atoms with Crippen LogP contribution in [-0.4, -0.2) is 60.2 Å². The zero-order valence-corrected chi connectivity index (χ0v) is 15.1. The minimum Gasteiger partial charge on any atom is -0.441 e. The number of aromatic nitrogens is 2. The summed E-state index contributed by atoms with van der Waals surface area (Å²) >= 11 is 0. The van der Waals surface area contributed by atoms with Gasteiger partial charge in [-0.2, -0.15) is 0 Å². The largest absolute Gasteiger partial charge is 0.441 e. The highest BCUT2D eigenvalue weighted by atomic mass is 16.6. The number of carbonyl (C=O) groups excluding carboxylic acids is 1. The fourth-order valence-corrected chi connectivity index (χ4v) is 3.02. The maximum atomic E-state index is 11.6. The lowest BCUT2D eigenvalue weighted by atomic mass is 9.92. The van der Waals surface area contributed by atoms with Gasteiger partial charge in [-0.15, -0.1) is 0 Å². The van der Waals surface area contributed by atoms with E-state index in [0.29, 0.717) is 25.7 Å². The minimum atomic E-state index is -0.446. The quantitative estimate of drug-likeness (QED) is 0.849. The molecule has 2 aliphatic rings. The number of amides is 1. The molecule has 0 aliphatic carbocycles. The van der Waals surface area contributed by atoms with Gasteiger partial charge in [0.1, 0.15) is 12.2 Å². The lowest BCUT2D eigenvalue weighted by Gasteiger charge is -2.20. The molecule has 2 fully saturated rings. The molecular weight excluding hydrogens is 324 g/mol. The van der Waals surface area contributed by atoms with Crippen LogP contribution in [0, 0.1) is 0 Å². The molecule has 2 N–H and O–H groups in total. The highest BCUT2D eigenvalue weighted by Gasteiger charge is 2.49. The Balaban J connectivity index is 1.62. The molecule has 0 bridgehead atoms. The van der Waals surface area contributed by atoms with Gasteiger partial charge in [0.15, 0.2) is 6.10 Å². The molecule has 0 spiro atoms. The summed E-state index contributed by atoms with van der Waals surface area (Å²) in [6.07, 6.45) is 0.440. The third-order valence-electron chi connectivity index (χ3n) is 4.33. The van der Waals surface area contributed by atoms with Crippen LogP contribution in [0.5, 0.6) is 0 Å². The Morgan fingerprint density at radius 1 is 1.32 bits per heavy atom. The van der Waals surface area contributed by atoms with Crippen LogP contribution >= 0.6 is 0 Å². The van der Waals surface area contributed by atoms with Gasteiger partial charge in [-0.3, -0.25) is 0 Å². The van der Waals surface area contributed by atoms with Crippen molar-refractivity contribution in [1.29, 1.82) is 0 Å². The van der Waals surface area contributed by atoms with E-state index < -0.39 is 12.2 Å². The average Bonchev–Trinajstić information content (AvgIpc) is 3.11. The zero-order chi connectivity index (χ0) is 18.0. The first kappa shape index (κ1) is 17.9. The molecular formula is C17H26N4O4. The summed E-state index contributed by atoms with van der Waals surface area (Å²) in [4.78, 5) is 20.5. The minimum absolute atomic E-state index is 0.0521. The van der Waals surface area contributed by atoms with Crippen molar-refractivity contribution >= 4 is 12.0 Å². The van der Waals surface area contributed by atoms with Crippen molar-refractivity contribution in [2.75, 3.05) is 25.1 Å². The molecule has 2 aliphatic heterocycles. The third kappa shape index (κ3) is 4.01. The summed E-state index contributed by atoms with van der Waals surface area (Å²) in [5.41, 5.74) is 0.911. The Morgan fingerprint density at radius 3 is 2.80 bits per heavy atom. The fraction of sp³-hybridized carbons (Fsp3) is 0.706. The highest BCUT2D eigenvalue weighted by Crippen LogP contribution is 2.30. The number of hydrogen-bond donors (Lipinski definition) is 2. The van der Waals surface area contributed by atoms with Crippen LogP contribution < -0.4 is 10.6 Å². The molecule has 4 atom stereocenters. The summed E-state index contributed by atoms with van der Waals surface area (Å²) in [6, 6.07) is 1.84. The summed E-state index contributed by atoms with van der Waals surface area (Å²) in [6.45, 7) is 9.47. The number of carbonyl (C=O) groups is 1. The number of fused-ring (bicyclic) bond motifs is 1. The lowest BCUT2D eigenvalue weighted by molar-refractivity contribution is 0.00462. The second-order valence-corrected chi connectivity index (χ2v) is 7.34. The van der Waals surface area contributed by atoms with E-state index in [1.165, 1.54) is 0 Å². The van der Waals surface area contributed by atoms with Crippen LogP contribution in [0.15, 0.2) is 12.3 Å². The molecule has 2 saturated heterocycles. The van der Waals surface area contributed by atoms with E-state index in [9.17, 15) is 4.79 Å². The summed E-state index contributed by atoms with van der Waals surface area (Å²) < 4.78 is 17.0. The van der Waals surface area contributed by atoms with E-state index in [4.69, 9.17) is 14.2 Å². The highest BCUT2D eigenvalue weighted by molar-refractivity contribution is 5.67. The molecule has 1 aromatic heterocycles. The van der Waals surface area contributed by atoms with Gasteiger partial charge in [-0.1, -0.05) is 20.8 Å². The summed E-state index contributed by atoms with van der Waals surface area (Å²) in [7, 11) is 0. The van der Waals surface area contributed by atoms with Crippen LogP contribution in [0.3, 0.4) is 0 Å². The van der Waals surface area contributed by atoms with Gasteiger partial charge in [0, 0.05) is 18.2 Å². The van der Waals surface area contributed by atoms with Gasteiger partial charge < -0.3 is 24.8 Å². The van der Waals surface area contributed by atoms with E-state index in [2.05, 4.69) is 41.4 Å². The molecule has 138 valence electrons. The topological polar surface area (TPSA) is 94.6 Å². The Labute approximate surface area is 147 Å². The maximum Gasteiger partial charge on any atom is 0.407 e. The average molecular weight is 350 g/mol. The molecule has 3 heterocycles. The number of anilines is 1. The van der Waals surface area contributed by atoms with Crippen molar-refractivity contribution in [2.24, 2.45) is 0 Å². The van der Waals surface area contributed by atoms with Crippen molar-refractivity contribution in [3.8, 4) is 0 Å². The van der Waals surface area contributed by atoms with Crippen LogP contribution in [0.25, 0.3) is 0 Å². The maximum absolute atomic E-state index is 11.6. The number of nitrogens with one attached hydrogen (secondary N) is 2. The predicted molar refractivity (Wildman–Crippen MR) is 91.6 cm³/mol. The van der Waals surface area contributed by atoms with Crippen molar-refractivity contribution in [1.82, 2.24) is 15.3 Å². The van der Waals surface area contributed by atoms with Crippen LogP contribution in [0.2, 0.25) is 0 Å². The molecule has 25 heavy (non-hydrogen) atoms. The van der Waals surface area contributed by atoms with Crippen molar-refractivity contribution in [3.63, 3.8) is 0 Å². The number of ether oxygens (including phenoxy) is 3. The van der Waals surface area contributed by atoms with Gasteiger partial charge in [-0.05, 0) is 13.0 Å². The van der Waals surface area contributed by atoms with Crippen LogP contribution in [0.1, 0.15) is 33.4 Å². The Bertz CT molecular complexity index is 619. The SMILES string of the molecule is CCNC(=O)O[C@@H]1CO[C@H]2[C@@H]1OC[C@@H]2Nc1nccc(C(C)(C)C)n1. The number of rotatable bonds is 4. The first-order chi connectivity index (χ1) is 11.9. The van der Waals surface area contributed by atoms with Crippen molar-refractivity contribution in [3.05, 3.63) is 18.0 Å². The van der Waals surface area contributed by atoms with Gasteiger partial charge in [0.25, 0.3) is 0 Å². The van der Waals surface area contributed by atoms with Gasteiger partial charge in [-0.25, -0.2) is 14.8 Å². The fourth-order valence-electron chi connectivity index (χ4n) is 3.02. The molecule has 1 amide bonds. The molecule has 0 saturated carbocycles. The van der Waals surface area contributed by atoms with Gasteiger partial charge in [0.05, 0.1) is 24.9 Å². The lowest BCUT2D eigenvalue weighted by Crippen LogP contribution is -2.39. The molecule has 8 heteroatoms. The van der Waals surface area contributed by atoms with E-state index in [-0.39, 0.29) is 23.7 Å². The molecule has 8 nitrogen and oxygen atoms in total. The number of nitrogens with zero attached hydrogens (tertiary/aromatic N) is 2. The molecule has 0 aromatic carbocycles. The normalized spacial score (nSPS) is 28.5. The Morgan fingerprint density at radius 2 is 2.08 bits per heavy atom. The molecule has 3 rings (SSSR count). The second-order valence-electron chi connectivity index (χ2n) is 7.34. The molecule has 1 aromatic rings. The number of alkyl carbamates (subject to hydrolysis) is 1. The third-order valence-corrected chi connectivity index (χ3v) is 4.33. The first-order valence-electron chi connectivity index (χ1n) is 8.66. The summed E-state index contributed by atoms with van der Waals surface area (Å²) in [5, 5.41) is 5.91. The monoisotopic (exact) mass is 350 g/mol. The molecule has 0 radical (unpaired) electrons. The van der Waals surface area contributed by atoms with Crippen LogP contribution in [-0.2, 0) is 19.6 Å². The van der Waals surface area contributed by atoms with E-state index >= 15 is 0 Å². The van der Waals surface area contributed by atoms with E-state index in [0.717, 1.165) is 5.69 Å². The Kier molecular flexibility index (Phi) is 5.10. The smallest absolute Gasteiger partial charge is 0.407 e. The van der Waals surface area contributed by atoms with Gasteiger partial charge >= 0.3 is 6.09 Å². The van der Waals surface area contributed by atoms with Crippen LogP contribution in [0.4, 0.5) is 10.7 Å². The first-order valence-corrected chi connectivity index (χ1v) is 8.66. The predicted octanol–water partition coefficient (Wildman–Crippen LogP) is 1.47. The zero-order valence-electron chi connectivity index (χ0n) is 15.1. The molecule has 0 unspecified atom stereocenters. The van der Waals surface area contributed by atoms with Crippen molar-refractivity contribution < 1.29 is 19.0 Å². The van der Waals surface area contributed by atoms with E-state index in [1.54, 1.807) is 6.20 Å². The van der Waals surface area contributed by atoms with Gasteiger partial charge in [0.2, 0.25) is 5.95 Å². The Hall–Kier alpha value is -1.93. The van der Waals surface area contributed by atoms with Crippen molar-refractivity contribution in [2.45, 2.75) is 57.5 Å². The van der Waals surface area contributed by atoms with E-state index in [1.807, 2.05) is 13.0 Å². The summed E-state index contributed by atoms with van der Waals surface area (Å²) in [5.74, 6) is 0.554. The second kappa shape index (κ2) is 7.13.